The zero-order valence-corrected chi connectivity index (χ0v) is 13.6. The summed E-state index contributed by atoms with van der Waals surface area (Å²) in [5.41, 5.74) is 2.10. The topological polar surface area (TPSA) is 26.3 Å². The van der Waals surface area contributed by atoms with Crippen LogP contribution in [0.1, 0.15) is 28.4 Å². The Morgan fingerprint density at radius 1 is 1.20 bits per heavy atom. The van der Waals surface area contributed by atoms with Gasteiger partial charge in [0.25, 0.3) is 0 Å². The van der Waals surface area contributed by atoms with Gasteiger partial charge in [-0.15, -0.1) is 0 Å². The van der Waals surface area contributed by atoms with E-state index >= 15 is 0 Å². The summed E-state index contributed by atoms with van der Waals surface area (Å²) in [4.78, 5) is 12.5. The van der Waals surface area contributed by atoms with Crippen molar-refractivity contribution in [1.29, 1.82) is 0 Å². The molecule has 0 aliphatic carbocycles. The molecule has 104 valence electrons. The first-order valence-electron chi connectivity index (χ1n) is 6.26. The van der Waals surface area contributed by atoms with E-state index in [9.17, 15) is 4.79 Å². The number of ether oxygens (including phenoxy) is 1. The van der Waals surface area contributed by atoms with E-state index in [4.69, 9.17) is 16.3 Å². The Kier molecular flexibility index (Phi) is 4.84. The highest BCUT2D eigenvalue weighted by Crippen LogP contribution is 2.28. The van der Waals surface area contributed by atoms with Crippen LogP contribution in [0.2, 0.25) is 5.02 Å². The summed E-state index contributed by atoms with van der Waals surface area (Å²) in [6.07, 6.45) is 0. The SMILES string of the molecule is CCOc1ccc(C(=O)c2ccc(C)cc2Cl)c(Br)c1. The van der Waals surface area contributed by atoms with Crippen molar-refractivity contribution in [2.45, 2.75) is 13.8 Å². The van der Waals surface area contributed by atoms with Crippen LogP contribution in [0.5, 0.6) is 5.75 Å². The molecule has 20 heavy (non-hydrogen) atoms. The summed E-state index contributed by atoms with van der Waals surface area (Å²) in [6, 6.07) is 10.7. The maximum absolute atomic E-state index is 12.5. The van der Waals surface area contributed by atoms with Gasteiger partial charge in [0.2, 0.25) is 0 Å². The highest BCUT2D eigenvalue weighted by atomic mass is 79.9. The second-order valence-electron chi connectivity index (χ2n) is 4.39. The lowest BCUT2D eigenvalue weighted by Crippen LogP contribution is -2.04. The van der Waals surface area contributed by atoms with Gasteiger partial charge in [0.1, 0.15) is 5.75 Å². The molecule has 0 heterocycles. The minimum absolute atomic E-state index is 0.107. The van der Waals surface area contributed by atoms with Gasteiger partial charge in [-0.3, -0.25) is 4.79 Å². The second kappa shape index (κ2) is 6.42. The third-order valence-electron chi connectivity index (χ3n) is 2.87. The lowest BCUT2D eigenvalue weighted by atomic mass is 10.0. The molecule has 0 fully saturated rings. The molecule has 0 aliphatic heterocycles. The van der Waals surface area contributed by atoms with E-state index in [1.165, 1.54) is 0 Å². The molecule has 0 bridgehead atoms. The summed E-state index contributed by atoms with van der Waals surface area (Å²) in [5.74, 6) is 0.621. The Hall–Kier alpha value is -1.32. The smallest absolute Gasteiger partial charge is 0.195 e. The Balaban J connectivity index is 2.38. The number of hydrogen-bond acceptors (Lipinski definition) is 2. The number of carbonyl (C=O) groups is 1. The Labute approximate surface area is 131 Å². The van der Waals surface area contributed by atoms with E-state index in [1.807, 2.05) is 19.9 Å². The van der Waals surface area contributed by atoms with Crippen LogP contribution in [0, 0.1) is 6.92 Å². The zero-order valence-electron chi connectivity index (χ0n) is 11.2. The van der Waals surface area contributed by atoms with Crippen molar-refractivity contribution in [2.24, 2.45) is 0 Å². The first-order chi connectivity index (χ1) is 9.52. The normalized spacial score (nSPS) is 10.4. The molecule has 2 nitrogen and oxygen atoms in total. The van der Waals surface area contributed by atoms with Gasteiger partial charge in [0.05, 0.1) is 11.6 Å². The molecular formula is C16H14BrClO2. The van der Waals surface area contributed by atoms with Gasteiger partial charge in [-0.2, -0.15) is 0 Å². The van der Waals surface area contributed by atoms with E-state index < -0.39 is 0 Å². The van der Waals surface area contributed by atoms with Crippen LogP contribution < -0.4 is 4.74 Å². The molecule has 0 N–H and O–H groups in total. The standard InChI is InChI=1S/C16H14BrClO2/c1-3-20-11-5-7-12(14(17)9-11)16(19)13-6-4-10(2)8-15(13)18/h4-9H,3H2,1-2H3. The second-order valence-corrected chi connectivity index (χ2v) is 5.65. The zero-order chi connectivity index (χ0) is 14.7. The maximum atomic E-state index is 12.5. The van der Waals surface area contributed by atoms with Crippen molar-refractivity contribution in [1.82, 2.24) is 0 Å². The van der Waals surface area contributed by atoms with Gasteiger partial charge in [0.15, 0.2) is 5.78 Å². The summed E-state index contributed by atoms with van der Waals surface area (Å²) in [5, 5.41) is 0.468. The van der Waals surface area contributed by atoms with Crippen molar-refractivity contribution in [3.8, 4) is 5.75 Å². The minimum atomic E-state index is -0.107. The van der Waals surface area contributed by atoms with Crippen LogP contribution in [0.25, 0.3) is 0 Å². The van der Waals surface area contributed by atoms with E-state index in [1.54, 1.807) is 30.3 Å². The molecule has 4 heteroatoms. The first-order valence-corrected chi connectivity index (χ1v) is 7.43. The van der Waals surface area contributed by atoms with Gasteiger partial charge in [-0.1, -0.05) is 17.7 Å². The molecule has 2 aromatic rings. The Morgan fingerprint density at radius 3 is 2.50 bits per heavy atom. The van der Waals surface area contributed by atoms with E-state index in [0.717, 1.165) is 11.3 Å². The molecule has 0 spiro atoms. The van der Waals surface area contributed by atoms with Crippen molar-refractivity contribution in [3.63, 3.8) is 0 Å². The molecule has 0 aliphatic rings. The number of hydrogen-bond donors (Lipinski definition) is 0. The van der Waals surface area contributed by atoms with Crippen LogP contribution in [0.4, 0.5) is 0 Å². The molecule has 2 aromatic carbocycles. The summed E-state index contributed by atoms with van der Waals surface area (Å²) in [7, 11) is 0. The quantitative estimate of drug-likeness (QED) is 0.720. The fourth-order valence-corrected chi connectivity index (χ4v) is 2.74. The average molecular weight is 354 g/mol. The van der Waals surface area contributed by atoms with Gasteiger partial charge in [0, 0.05) is 15.6 Å². The van der Waals surface area contributed by atoms with Crippen molar-refractivity contribution >= 4 is 33.3 Å². The lowest BCUT2D eigenvalue weighted by Gasteiger charge is -2.09. The van der Waals surface area contributed by atoms with Gasteiger partial charge in [-0.05, 0) is 65.7 Å². The predicted molar refractivity (Wildman–Crippen MR) is 84.9 cm³/mol. The van der Waals surface area contributed by atoms with Crippen LogP contribution in [0.15, 0.2) is 40.9 Å². The number of halogens is 2. The molecule has 0 amide bonds. The summed E-state index contributed by atoms with van der Waals surface area (Å²) in [6.45, 7) is 4.44. The average Bonchev–Trinajstić information content (AvgIpc) is 2.38. The lowest BCUT2D eigenvalue weighted by molar-refractivity contribution is 0.103. The Morgan fingerprint density at radius 2 is 1.90 bits per heavy atom. The van der Waals surface area contributed by atoms with Crippen molar-refractivity contribution in [2.75, 3.05) is 6.61 Å². The predicted octanol–water partition coefficient (Wildman–Crippen LogP) is 5.04. The minimum Gasteiger partial charge on any atom is -0.494 e. The fourth-order valence-electron chi connectivity index (χ4n) is 1.89. The van der Waals surface area contributed by atoms with Crippen molar-refractivity contribution in [3.05, 3.63) is 62.6 Å². The van der Waals surface area contributed by atoms with E-state index in [0.29, 0.717) is 27.2 Å². The molecule has 0 unspecified atom stereocenters. The van der Waals surface area contributed by atoms with Crippen LogP contribution in [-0.2, 0) is 0 Å². The maximum Gasteiger partial charge on any atom is 0.195 e. The number of rotatable bonds is 4. The van der Waals surface area contributed by atoms with E-state index in [-0.39, 0.29) is 5.78 Å². The Bertz CT molecular complexity index is 653. The largest absolute Gasteiger partial charge is 0.494 e. The molecule has 0 atom stereocenters. The number of benzene rings is 2. The van der Waals surface area contributed by atoms with Crippen LogP contribution >= 0.6 is 27.5 Å². The first kappa shape index (κ1) is 15.1. The molecular weight excluding hydrogens is 340 g/mol. The van der Waals surface area contributed by atoms with Gasteiger partial charge in [-0.25, -0.2) is 0 Å². The molecule has 0 saturated heterocycles. The summed E-state index contributed by atoms with van der Waals surface area (Å²) < 4.78 is 6.10. The highest BCUT2D eigenvalue weighted by molar-refractivity contribution is 9.10. The monoisotopic (exact) mass is 352 g/mol. The molecule has 0 saturated carbocycles. The molecule has 0 aromatic heterocycles. The van der Waals surface area contributed by atoms with Crippen LogP contribution in [0.3, 0.4) is 0 Å². The molecule has 2 rings (SSSR count). The van der Waals surface area contributed by atoms with Crippen LogP contribution in [-0.4, -0.2) is 12.4 Å². The van der Waals surface area contributed by atoms with Gasteiger partial charge < -0.3 is 4.74 Å². The third-order valence-corrected chi connectivity index (χ3v) is 3.83. The number of carbonyl (C=O) groups excluding carboxylic acids is 1. The van der Waals surface area contributed by atoms with Gasteiger partial charge >= 0.3 is 0 Å². The highest BCUT2D eigenvalue weighted by Gasteiger charge is 2.16. The third kappa shape index (κ3) is 3.22. The molecule has 0 radical (unpaired) electrons. The fraction of sp³-hybridized carbons (Fsp3) is 0.188. The number of aryl methyl sites for hydroxylation is 1. The van der Waals surface area contributed by atoms with Crippen molar-refractivity contribution < 1.29 is 9.53 Å². The number of ketones is 1. The summed E-state index contributed by atoms with van der Waals surface area (Å²) >= 11 is 9.56. The van der Waals surface area contributed by atoms with E-state index in [2.05, 4.69) is 15.9 Å².